The Morgan fingerprint density at radius 3 is 2.70 bits per heavy atom. The van der Waals surface area contributed by atoms with Crippen LogP contribution in [0.15, 0.2) is 41.9 Å². The van der Waals surface area contributed by atoms with Crippen molar-refractivity contribution in [3.05, 3.63) is 64.7 Å². The number of halogens is 2. The van der Waals surface area contributed by atoms with Crippen molar-refractivity contribution in [2.24, 2.45) is 0 Å². The smallest absolute Gasteiger partial charge is 0.129 e. The van der Waals surface area contributed by atoms with Gasteiger partial charge in [-0.2, -0.15) is 0 Å². The molecule has 0 aliphatic heterocycles. The zero-order valence-electron chi connectivity index (χ0n) is 10.4. The molecule has 2 heterocycles. The van der Waals surface area contributed by atoms with Gasteiger partial charge in [0.1, 0.15) is 11.6 Å². The largest absolute Gasteiger partial charge is 0.388 e. The van der Waals surface area contributed by atoms with Crippen molar-refractivity contribution in [3.63, 3.8) is 0 Å². The van der Waals surface area contributed by atoms with E-state index in [0.29, 0.717) is 5.56 Å². The maximum atomic E-state index is 13.6. The monoisotopic (exact) mass is 291 g/mol. The highest BCUT2D eigenvalue weighted by molar-refractivity contribution is 7.17. The van der Waals surface area contributed by atoms with E-state index in [1.165, 1.54) is 29.5 Å². The molecular weight excluding hydrogens is 280 g/mol. The molecule has 20 heavy (non-hydrogen) atoms. The second-order valence-electron chi connectivity index (χ2n) is 4.49. The lowest BCUT2D eigenvalue weighted by atomic mass is 10.0. The zero-order chi connectivity index (χ0) is 14.1. The van der Waals surface area contributed by atoms with E-state index in [4.69, 9.17) is 0 Å². The van der Waals surface area contributed by atoms with Crippen LogP contribution in [0.1, 0.15) is 17.2 Å². The maximum Gasteiger partial charge on any atom is 0.129 e. The standard InChI is InChI=1S/C15H11F2NOS/c16-11-2-1-3-12(17)10(11)7-14(19)9-6-15-13(18-8-9)4-5-20-15/h1-6,8,14,19H,7H2. The molecule has 2 aromatic heterocycles. The molecule has 2 nitrogen and oxygen atoms in total. The predicted octanol–water partition coefficient (Wildman–Crippen LogP) is 3.85. The first-order chi connectivity index (χ1) is 9.65. The predicted molar refractivity (Wildman–Crippen MR) is 74.6 cm³/mol. The second kappa shape index (κ2) is 5.26. The van der Waals surface area contributed by atoms with Crippen molar-refractivity contribution < 1.29 is 13.9 Å². The highest BCUT2D eigenvalue weighted by atomic mass is 32.1. The van der Waals surface area contributed by atoms with Crippen LogP contribution in [0.2, 0.25) is 0 Å². The first kappa shape index (κ1) is 13.1. The van der Waals surface area contributed by atoms with E-state index >= 15 is 0 Å². The van der Waals surface area contributed by atoms with Gasteiger partial charge in [-0.3, -0.25) is 4.98 Å². The van der Waals surface area contributed by atoms with Gasteiger partial charge in [0.25, 0.3) is 0 Å². The molecule has 3 aromatic rings. The van der Waals surface area contributed by atoms with Crippen LogP contribution in [0.25, 0.3) is 10.2 Å². The van der Waals surface area contributed by atoms with Gasteiger partial charge in [-0.15, -0.1) is 11.3 Å². The lowest BCUT2D eigenvalue weighted by molar-refractivity contribution is 0.175. The molecule has 0 amide bonds. The number of benzene rings is 1. The van der Waals surface area contributed by atoms with Gasteiger partial charge in [0, 0.05) is 23.7 Å². The van der Waals surface area contributed by atoms with Gasteiger partial charge < -0.3 is 5.11 Å². The topological polar surface area (TPSA) is 33.1 Å². The fourth-order valence-electron chi connectivity index (χ4n) is 2.08. The van der Waals surface area contributed by atoms with Crippen molar-refractivity contribution in [3.8, 4) is 0 Å². The Labute approximate surface area is 118 Å². The van der Waals surface area contributed by atoms with E-state index in [-0.39, 0.29) is 12.0 Å². The molecule has 0 fully saturated rings. The third kappa shape index (κ3) is 2.42. The van der Waals surface area contributed by atoms with Crippen LogP contribution in [0.4, 0.5) is 8.78 Å². The van der Waals surface area contributed by atoms with Crippen LogP contribution < -0.4 is 0 Å². The minimum Gasteiger partial charge on any atom is -0.388 e. The molecule has 0 saturated heterocycles. The van der Waals surface area contributed by atoms with E-state index in [1.807, 2.05) is 11.4 Å². The van der Waals surface area contributed by atoms with Gasteiger partial charge in [-0.1, -0.05) is 6.07 Å². The molecule has 1 aromatic carbocycles. The third-order valence-electron chi connectivity index (χ3n) is 3.17. The summed E-state index contributed by atoms with van der Waals surface area (Å²) in [7, 11) is 0. The Kier molecular flexibility index (Phi) is 3.46. The van der Waals surface area contributed by atoms with Crippen molar-refractivity contribution in [2.75, 3.05) is 0 Å². The van der Waals surface area contributed by atoms with Gasteiger partial charge in [0.2, 0.25) is 0 Å². The van der Waals surface area contributed by atoms with E-state index in [0.717, 1.165) is 10.2 Å². The number of hydrogen-bond donors (Lipinski definition) is 1. The minimum atomic E-state index is -0.986. The number of aliphatic hydroxyl groups excluding tert-OH is 1. The first-order valence-corrected chi connectivity index (χ1v) is 6.97. The SMILES string of the molecule is OC(Cc1c(F)cccc1F)c1cnc2ccsc2c1. The van der Waals surface area contributed by atoms with Crippen LogP contribution in [0.3, 0.4) is 0 Å². The number of aliphatic hydroxyl groups is 1. The Morgan fingerprint density at radius 2 is 1.95 bits per heavy atom. The molecule has 3 rings (SSSR count). The lowest BCUT2D eigenvalue weighted by Gasteiger charge is -2.12. The van der Waals surface area contributed by atoms with Gasteiger partial charge in [-0.25, -0.2) is 8.78 Å². The quantitative estimate of drug-likeness (QED) is 0.795. The maximum absolute atomic E-state index is 13.6. The van der Waals surface area contributed by atoms with Crippen LogP contribution in [-0.4, -0.2) is 10.1 Å². The van der Waals surface area contributed by atoms with E-state index in [9.17, 15) is 13.9 Å². The number of nitrogens with zero attached hydrogens (tertiary/aromatic N) is 1. The average molecular weight is 291 g/mol. The number of aromatic nitrogens is 1. The summed E-state index contributed by atoms with van der Waals surface area (Å²) in [5.41, 5.74) is 1.30. The fourth-order valence-corrected chi connectivity index (χ4v) is 2.87. The molecule has 0 radical (unpaired) electrons. The fraction of sp³-hybridized carbons (Fsp3) is 0.133. The Balaban J connectivity index is 1.90. The highest BCUT2D eigenvalue weighted by Gasteiger charge is 2.16. The average Bonchev–Trinajstić information content (AvgIpc) is 2.90. The third-order valence-corrected chi connectivity index (χ3v) is 4.02. The molecule has 1 atom stereocenters. The molecule has 102 valence electrons. The summed E-state index contributed by atoms with van der Waals surface area (Å²) in [5.74, 6) is -1.29. The Hall–Kier alpha value is -1.85. The number of hydrogen-bond acceptors (Lipinski definition) is 3. The second-order valence-corrected chi connectivity index (χ2v) is 5.44. The van der Waals surface area contributed by atoms with Crippen LogP contribution in [0, 0.1) is 11.6 Å². The molecule has 1 unspecified atom stereocenters. The Morgan fingerprint density at radius 1 is 1.20 bits per heavy atom. The summed E-state index contributed by atoms with van der Waals surface area (Å²) in [6, 6.07) is 7.36. The zero-order valence-corrected chi connectivity index (χ0v) is 11.2. The minimum absolute atomic E-state index is 0.105. The van der Waals surface area contributed by atoms with Crippen LogP contribution in [-0.2, 0) is 6.42 Å². The van der Waals surface area contributed by atoms with Gasteiger partial charge in [-0.05, 0) is 29.6 Å². The highest BCUT2D eigenvalue weighted by Crippen LogP contribution is 2.26. The van der Waals surface area contributed by atoms with E-state index < -0.39 is 17.7 Å². The van der Waals surface area contributed by atoms with Crippen LogP contribution in [0.5, 0.6) is 0 Å². The van der Waals surface area contributed by atoms with Crippen molar-refractivity contribution >= 4 is 21.6 Å². The van der Waals surface area contributed by atoms with Gasteiger partial charge in [0.05, 0.1) is 16.3 Å². The molecular formula is C15H11F2NOS. The first-order valence-electron chi connectivity index (χ1n) is 6.09. The summed E-state index contributed by atoms with van der Waals surface area (Å²) in [5, 5.41) is 12.1. The summed E-state index contributed by atoms with van der Waals surface area (Å²) >= 11 is 1.51. The summed E-state index contributed by atoms with van der Waals surface area (Å²) < 4.78 is 28.1. The lowest BCUT2D eigenvalue weighted by Crippen LogP contribution is -2.06. The van der Waals surface area contributed by atoms with E-state index in [2.05, 4.69) is 4.98 Å². The molecule has 0 bridgehead atoms. The molecule has 0 aliphatic carbocycles. The van der Waals surface area contributed by atoms with E-state index in [1.54, 1.807) is 12.3 Å². The summed E-state index contributed by atoms with van der Waals surface area (Å²) in [4.78, 5) is 4.21. The molecule has 5 heteroatoms. The molecule has 0 aliphatic rings. The van der Waals surface area contributed by atoms with Crippen molar-refractivity contribution in [1.82, 2.24) is 4.98 Å². The summed E-state index contributed by atoms with van der Waals surface area (Å²) in [6.45, 7) is 0. The molecule has 0 saturated carbocycles. The van der Waals surface area contributed by atoms with Crippen LogP contribution >= 0.6 is 11.3 Å². The van der Waals surface area contributed by atoms with Crippen molar-refractivity contribution in [2.45, 2.75) is 12.5 Å². The van der Waals surface area contributed by atoms with Crippen molar-refractivity contribution in [1.29, 1.82) is 0 Å². The number of rotatable bonds is 3. The molecule has 1 N–H and O–H groups in total. The van der Waals surface area contributed by atoms with Gasteiger partial charge >= 0.3 is 0 Å². The number of pyridine rings is 1. The van der Waals surface area contributed by atoms with Gasteiger partial charge in [0.15, 0.2) is 0 Å². The number of thiophene rings is 1. The number of fused-ring (bicyclic) bond motifs is 1. The molecule has 0 spiro atoms. The Bertz CT molecular complexity index is 736. The summed E-state index contributed by atoms with van der Waals surface area (Å²) in [6.07, 6.45) is 0.440. The normalized spacial score (nSPS) is 12.8.